The quantitative estimate of drug-likeness (QED) is 0.245. The Bertz CT molecular complexity index is 860. The summed E-state index contributed by atoms with van der Waals surface area (Å²) in [5, 5.41) is 33.1. The zero-order valence-corrected chi connectivity index (χ0v) is 19.9. The number of unbranched alkanes of at least 4 members (excludes halogenated alkanes) is 3. The van der Waals surface area contributed by atoms with Crippen LogP contribution in [-0.4, -0.2) is 54.2 Å². The number of nitrogens with one attached hydrogen (secondary N) is 1. The number of aliphatic hydroxyl groups excluding tert-OH is 1. The zero-order valence-electron chi connectivity index (χ0n) is 18.4. The van der Waals surface area contributed by atoms with Crippen LogP contribution in [0.15, 0.2) is 36.4 Å². The highest BCUT2D eigenvalue weighted by atomic mass is 35.5. The van der Waals surface area contributed by atoms with E-state index in [4.69, 9.17) is 37.8 Å². The molecule has 0 saturated carbocycles. The van der Waals surface area contributed by atoms with Crippen LogP contribution in [0.3, 0.4) is 0 Å². The van der Waals surface area contributed by atoms with Crippen LogP contribution in [0.1, 0.15) is 53.3 Å². The Kier molecular flexibility index (Phi) is 12.5. The first-order chi connectivity index (χ1) is 15.9. The fourth-order valence-corrected chi connectivity index (χ4v) is 3.67. The fourth-order valence-electron chi connectivity index (χ4n) is 3.16. The molecule has 9 heteroatoms. The number of halogens is 2. The third-order valence-corrected chi connectivity index (χ3v) is 5.75. The smallest absolute Gasteiger partial charge is 0.339 e. The van der Waals surface area contributed by atoms with Gasteiger partial charge >= 0.3 is 5.97 Å². The van der Waals surface area contributed by atoms with Gasteiger partial charge in [-0.2, -0.15) is 0 Å². The summed E-state index contributed by atoms with van der Waals surface area (Å²) < 4.78 is 11.1. The van der Waals surface area contributed by atoms with E-state index in [1.54, 1.807) is 18.2 Å². The Morgan fingerprint density at radius 2 is 1.67 bits per heavy atom. The van der Waals surface area contributed by atoms with Gasteiger partial charge in [-0.3, -0.25) is 0 Å². The number of hydrogen-bond donors (Lipinski definition) is 4. The molecule has 0 aliphatic heterocycles. The van der Waals surface area contributed by atoms with Crippen molar-refractivity contribution in [2.24, 2.45) is 0 Å². The monoisotopic (exact) mass is 499 g/mol. The lowest BCUT2D eigenvalue weighted by atomic mass is 10.0. The highest BCUT2D eigenvalue weighted by Gasteiger charge is 2.14. The third-order valence-electron chi connectivity index (χ3n) is 5.05. The van der Waals surface area contributed by atoms with Crippen molar-refractivity contribution in [3.63, 3.8) is 0 Å². The molecule has 2 aromatic rings. The molecule has 0 fully saturated rings. The van der Waals surface area contributed by atoms with E-state index in [0.717, 1.165) is 37.8 Å². The number of hydrogen-bond acceptors (Lipinski definition) is 6. The lowest BCUT2D eigenvalue weighted by molar-refractivity contribution is 0.0393. The van der Waals surface area contributed by atoms with Gasteiger partial charge in [-0.1, -0.05) is 48.2 Å². The van der Waals surface area contributed by atoms with Gasteiger partial charge in [0, 0.05) is 28.8 Å². The fraction of sp³-hybridized carbons (Fsp3) is 0.458. The Labute approximate surface area is 204 Å². The Hall–Kier alpha value is -1.87. The van der Waals surface area contributed by atoms with Crippen LogP contribution < -0.4 is 5.32 Å². The van der Waals surface area contributed by atoms with Crippen LogP contribution in [0.5, 0.6) is 5.75 Å². The molecule has 4 N–H and O–H groups in total. The van der Waals surface area contributed by atoms with Crippen LogP contribution in [-0.2, 0) is 16.1 Å². The number of carbonyl (C=O) groups is 1. The molecule has 0 aliphatic rings. The van der Waals surface area contributed by atoms with Gasteiger partial charge < -0.3 is 30.1 Å². The van der Waals surface area contributed by atoms with Crippen LogP contribution in [0.2, 0.25) is 10.0 Å². The van der Waals surface area contributed by atoms with E-state index in [1.165, 1.54) is 18.2 Å². The molecule has 0 radical (unpaired) electrons. The molecular weight excluding hydrogens is 469 g/mol. The minimum Gasteiger partial charge on any atom is -0.507 e. The Morgan fingerprint density at radius 1 is 0.970 bits per heavy atom. The van der Waals surface area contributed by atoms with Crippen molar-refractivity contribution in [3.8, 4) is 5.75 Å². The molecule has 2 aromatic carbocycles. The average molecular weight is 500 g/mol. The largest absolute Gasteiger partial charge is 0.507 e. The van der Waals surface area contributed by atoms with Gasteiger partial charge in [-0.25, -0.2) is 4.79 Å². The number of aliphatic hydroxyl groups is 1. The first-order valence-electron chi connectivity index (χ1n) is 10.9. The molecule has 0 heterocycles. The second kappa shape index (κ2) is 15.1. The van der Waals surface area contributed by atoms with Crippen molar-refractivity contribution in [1.82, 2.24) is 5.32 Å². The summed E-state index contributed by atoms with van der Waals surface area (Å²) in [6, 6.07) is 9.46. The molecule has 0 aromatic heterocycles. The second-order valence-corrected chi connectivity index (χ2v) is 8.40. The average Bonchev–Trinajstić information content (AvgIpc) is 2.78. The van der Waals surface area contributed by atoms with E-state index in [0.29, 0.717) is 48.6 Å². The minimum absolute atomic E-state index is 0.217. The summed E-state index contributed by atoms with van der Waals surface area (Å²) in [6.45, 7) is 3.09. The number of carboxylic acid groups (broad SMARTS) is 1. The lowest BCUT2D eigenvalue weighted by Crippen LogP contribution is -2.22. The number of aromatic carboxylic acids is 1. The molecule has 2 rings (SSSR count). The highest BCUT2D eigenvalue weighted by molar-refractivity contribution is 6.35. The normalized spacial score (nSPS) is 12.1. The van der Waals surface area contributed by atoms with Gasteiger partial charge in [0.2, 0.25) is 0 Å². The number of benzene rings is 2. The number of rotatable bonds is 16. The Morgan fingerprint density at radius 3 is 2.39 bits per heavy atom. The highest BCUT2D eigenvalue weighted by Crippen LogP contribution is 2.25. The van der Waals surface area contributed by atoms with Crippen molar-refractivity contribution < 1.29 is 29.6 Å². The molecule has 0 unspecified atom stereocenters. The van der Waals surface area contributed by atoms with E-state index >= 15 is 0 Å². The van der Waals surface area contributed by atoms with Crippen molar-refractivity contribution in [3.05, 3.63) is 63.1 Å². The van der Waals surface area contributed by atoms with Crippen LogP contribution >= 0.6 is 23.2 Å². The van der Waals surface area contributed by atoms with E-state index in [-0.39, 0.29) is 11.3 Å². The van der Waals surface area contributed by atoms with Crippen LogP contribution in [0.25, 0.3) is 0 Å². The summed E-state index contributed by atoms with van der Waals surface area (Å²) >= 11 is 12.2. The topological polar surface area (TPSA) is 108 Å². The SMILES string of the molecule is O=C(O)c1cc([C@@H](O)CNCCCCCCOCCOCc2c(Cl)cccc2Cl)ccc1O. The van der Waals surface area contributed by atoms with Crippen molar-refractivity contribution in [2.45, 2.75) is 38.4 Å². The number of carboxylic acids is 1. The van der Waals surface area contributed by atoms with E-state index in [9.17, 15) is 15.0 Å². The maximum atomic E-state index is 11.1. The predicted molar refractivity (Wildman–Crippen MR) is 128 cm³/mol. The molecule has 0 amide bonds. The van der Waals surface area contributed by atoms with E-state index < -0.39 is 12.1 Å². The van der Waals surface area contributed by atoms with Gasteiger partial charge in [0.15, 0.2) is 0 Å². The minimum atomic E-state index is -1.23. The number of aromatic hydroxyl groups is 1. The zero-order chi connectivity index (χ0) is 24.1. The molecular formula is C24H31Cl2NO6. The molecule has 33 heavy (non-hydrogen) atoms. The van der Waals surface area contributed by atoms with Gasteiger partial charge in [-0.15, -0.1) is 0 Å². The standard InChI is InChI=1S/C24H31Cl2NO6/c25-20-6-5-7-21(26)19(20)16-33-13-12-32-11-4-2-1-3-10-27-15-23(29)17-8-9-22(28)18(14-17)24(30)31/h5-9,14,23,27-29H,1-4,10-13,15-16H2,(H,30,31)/t23-/m0/s1. The summed E-state index contributed by atoms with van der Waals surface area (Å²) in [5.74, 6) is -1.54. The molecule has 1 atom stereocenters. The van der Waals surface area contributed by atoms with Crippen LogP contribution in [0, 0.1) is 0 Å². The lowest BCUT2D eigenvalue weighted by Gasteiger charge is -2.13. The van der Waals surface area contributed by atoms with Gasteiger partial charge in [0.25, 0.3) is 0 Å². The second-order valence-electron chi connectivity index (χ2n) is 7.58. The third kappa shape index (κ3) is 9.88. The summed E-state index contributed by atoms with van der Waals surface area (Å²) in [7, 11) is 0. The van der Waals surface area contributed by atoms with E-state index in [2.05, 4.69) is 5.32 Å². The summed E-state index contributed by atoms with van der Waals surface area (Å²) in [5.41, 5.74) is 1.02. The van der Waals surface area contributed by atoms with Crippen molar-refractivity contribution in [2.75, 3.05) is 32.9 Å². The van der Waals surface area contributed by atoms with Crippen molar-refractivity contribution >= 4 is 29.2 Å². The van der Waals surface area contributed by atoms with Crippen LogP contribution in [0.4, 0.5) is 0 Å². The maximum absolute atomic E-state index is 11.1. The van der Waals surface area contributed by atoms with Gasteiger partial charge in [0.1, 0.15) is 11.3 Å². The molecule has 0 bridgehead atoms. The molecule has 0 spiro atoms. The molecule has 0 aliphatic carbocycles. The van der Waals surface area contributed by atoms with Gasteiger partial charge in [0.05, 0.1) is 25.9 Å². The maximum Gasteiger partial charge on any atom is 0.339 e. The number of phenols is 1. The van der Waals surface area contributed by atoms with Gasteiger partial charge in [-0.05, 0) is 49.2 Å². The summed E-state index contributed by atoms with van der Waals surface area (Å²) in [6.07, 6.45) is 3.17. The predicted octanol–water partition coefficient (Wildman–Crippen LogP) is 4.81. The summed E-state index contributed by atoms with van der Waals surface area (Å²) in [4.78, 5) is 11.1. The number of ether oxygens (including phenoxy) is 2. The first-order valence-corrected chi connectivity index (χ1v) is 11.7. The molecule has 0 saturated heterocycles. The van der Waals surface area contributed by atoms with E-state index in [1.807, 2.05) is 0 Å². The first kappa shape index (κ1) is 27.4. The molecule has 182 valence electrons. The molecule has 7 nitrogen and oxygen atoms in total. The Balaban J connectivity index is 1.44. The van der Waals surface area contributed by atoms with Crippen molar-refractivity contribution in [1.29, 1.82) is 0 Å².